The molecule has 1 aromatic heterocycles. The van der Waals surface area contributed by atoms with Gasteiger partial charge in [0.2, 0.25) is 0 Å². The molecule has 1 aromatic carbocycles. The number of aromatic nitrogens is 2. The molecule has 0 aliphatic rings. The highest BCUT2D eigenvalue weighted by Gasteiger charge is 2.15. The first-order valence-electron chi connectivity index (χ1n) is 6.38. The highest BCUT2D eigenvalue weighted by molar-refractivity contribution is 5.97. The normalized spacial score (nSPS) is 10.0. The lowest BCUT2D eigenvalue weighted by atomic mass is 10.1. The fraction of sp³-hybridized carbons (Fsp3) is 0.143. The molecule has 0 fully saturated rings. The summed E-state index contributed by atoms with van der Waals surface area (Å²) in [7, 11) is 2.44. The Balaban J connectivity index is 2.48. The second-order valence-electron chi connectivity index (χ2n) is 4.40. The van der Waals surface area contributed by atoms with E-state index < -0.39 is 17.5 Å². The molecule has 120 valence electrons. The molecule has 0 spiro atoms. The quantitative estimate of drug-likeness (QED) is 0.700. The van der Waals surface area contributed by atoms with Gasteiger partial charge in [0.05, 0.1) is 31.7 Å². The van der Waals surface area contributed by atoms with Crippen molar-refractivity contribution in [3.05, 3.63) is 46.0 Å². The average molecular weight is 318 g/mol. The molecule has 23 heavy (non-hydrogen) atoms. The highest BCUT2D eigenvalue weighted by atomic mass is 16.5. The van der Waals surface area contributed by atoms with Gasteiger partial charge in [-0.05, 0) is 18.2 Å². The van der Waals surface area contributed by atoms with Crippen molar-refractivity contribution in [1.82, 2.24) is 9.97 Å². The van der Waals surface area contributed by atoms with Crippen LogP contribution in [0.1, 0.15) is 20.7 Å². The molecule has 9 nitrogen and oxygen atoms in total. The van der Waals surface area contributed by atoms with Crippen molar-refractivity contribution in [3.63, 3.8) is 0 Å². The number of anilines is 3. The van der Waals surface area contributed by atoms with Gasteiger partial charge >= 0.3 is 11.9 Å². The maximum absolute atomic E-state index is 11.7. The lowest BCUT2D eigenvalue weighted by Crippen LogP contribution is -2.15. The van der Waals surface area contributed by atoms with Gasteiger partial charge in [-0.3, -0.25) is 4.79 Å². The number of benzene rings is 1. The Bertz CT molecular complexity index is 781. The number of rotatable bonds is 4. The van der Waals surface area contributed by atoms with Gasteiger partial charge in [0, 0.05) is 5.69 Å². The summed E-state index contributed by atoms with van der Waals surface area (Å²) in [5.41, 5.74) is 5.55. The van der Waals surface area contributed by atoms with Gasteiger partial charge in [0.15, 0.2) is 5.82 Å². The number of esters is 2. The summed E-state index contributed by atoms with van der Waals surface area (Å²) in [5, 5.41) is 2.78. The molecule has 2 rings (SSSR count). The van der Waals surface area contributed by atoms with E-state index in [2.05, 4.69) is 24.8 Å². The van der Waals surface area contributed by atoms with Crippen molar-refractivity contribution in [2.24, 2.45) is 0 Å². The Morgan fingerprint density at radius 3 is 2.22 bits per heavy atom. The van der Waals surface area contributed by atoms with Crippen molar-refractivity contribution >= 4 is 29.1 Å². The molecule has 0 amide bonds. The summed E-state index contributed by atoms with van der Waals surface area (Å²) in [6, 6.07) is 4.19. The molecule has 2 aromatic rings. The van der Waals surface area contributed by atoms with Crippen LogP contribution >= 0.6 is 0 Å². The fourth-order valence-corrected chi connectivity index (χ4v) is 1.82. The Kier molecular flexibility index (Phi) is 4.60. The van der Waals surface area contributed by atoms with Crippen LogP contribution in [0.4, 0.5) is 17.2 Å². The molecule has 9 heteroatoms. The number of nitrogen functional groups attached to an aromatic ring is 1. The van der Waals surface area contributed by atoms with Gasteiger partial charge < -0.3 is 25.5 Å². The van der Waals surface area contributed by atoms with Crippen molar-refractivity contribution in [3.8, 4) is 0 Å². The molecule has 1 heterocycles. The van der Waals surface area contributed by atoms with E-state index in [1.54, 1.807) is 0 Å². The lowest BCUT2D eigenvalue weighted by Gasteiger charge is -2.10. The molecule has 4 N–H and O–H groups in total. The maximum Gasteiger partial charge on any atom is 0.337 e. The minimum absolute atomic E-state index is 0.0894. The van der Waals surface area contributed by atoms with Gasteiger partial charge in [-0.25, -0.2) is 14.6 Å². The number of carbonyl (C=O) groups is 2. The number of nitrogens with zero attached hydrogens (tertiary/aromatic N) is 1. The highest BCUT2D eigenvalue weighted by Crippen LogP contribution is 2.21. The molecule has 0 aliphatic carbocycles. The smallest absolute Gasteiger partial charge is 0.337 e. The van der Waals surface area contributed by atoms with E-state index in [9.17, 15) is 14.4 Å². The second-order valence-corrected chi connectivity index (χ2v) is 4.40. The van der Waals surface area contributed by atoms with Crippen LogP contribution in [0.15, 0.2) is 29.3 Å². The topological polar surface area (TPSA) is 136 Å². The standard InChI is InChI=1S/C14H14N4O5/c1-22-13(20)7-3-8(14(21)23-2)5-9(4-7)18-11-10(15)12(19)17-6-16-11/h3-6H,15H2,1-2H3,(H2,16,17,18,19). The van der Waals surface area contributed by atoms with Gasteiger partial charge in [0.25, 0.3) is 5.56 Å². The van der Waals surface area contributed by atoms with E-state index in [0.29, 0.717) is 5.69 Å². The van der Waals surface area contributed by atoms with Gasteiger partial charge in [-0.15, -0.1) is 0 Å². The van der Waals surface area contributed by atoms with Crippen LogP contribution in [0.3, 0.4) is 0 Å². The molecule has 0 bridgehead atoms. The first-order valence-corrected chi connectivity index (χ1v) is 6.38. The zero-order chi connectivity index (χ0) is 17.0. The van der Waals surface area contributed by atoms with E-state index in [1.807, 2.05) is 0 Å². The van der Waals surface area contributed by atoms with E-state index in [-0.39, 0.29) is 22.6 Å². The fourth-order valence-electron chi connectivity index (χ4n) is 1.82. The molecule has 0 aliphatic heterocycles. The number of H-pyrrole nitrogens is 1. The first kappa shape index (κ1) is 16.0. The number of nitrogens with one attached hydrogen (secondary N) is 2. The van der Waals surface area contributed by atoms with Crippen LogP contribution in [0, 0.1) is 0 Å². The van der Waals surface area contributed by atoms with Gasteiger partial charge in [-0.2, -0.15) is 0 Å². The van der Waals surface area contributed by atoms with E-state index in [4.69, 9.17) is 5.73 Å². The van der Waals surface area contributed by atoms with Crippen LogP contribution in [0.5, 0.6) is 0 Å². The summed E-state index contributed by atoms with van der Waals surface area (Å²) in [6.45, 7) is 0. The third-order valence-corrected chi connectivity index (χ3v) is 2.93. The number of nitrogens with two attached hydrogens (primary N) is 1. The number of hydrogen-bond donors (Lipinski definition) is 3. The van der Waals surface area contributed by atoms with E-state index in [0.717, 1.165) is 0 Å². The maximum atomic E-state index is 11.7. The van der Waals surface area contributed by atoms with Gasteiger partial charge in [0.1, 0.15) is 5.69 Å². The van der Waals surface area contributed by atoms with Crippen molar-refractivity contribution in [2.45, 2.75) is 0 Å². The first-order chi connectivity index (χ1) is 11.0. The van der Waals surface area contributed by atoms with Crippen LogP contribution < -0.4 is 16.6 Å². The average Bonchev–Trinajstić information content (AvgIpc) is 2.57. The predicted octanol–water partition coefficient (Wildman–Crippen LogP) is 0.669. The third kappa shape index (κ3) is 3.46. The molecule has 0 unspecified atom stereocenters. The molecule has 0 saturated carbocycles. The summed E-state index contributed by atoms with van der Waals surface area (Å²) in [6.07, 6.45) is 1.17. The van der Waals surface area contributed by atoms with Crippen LogP contribution in [-0.2, 0) is 9.47 Å². The van der Waals surface area contributed by atoms with Crippen molar-refractivity contribution in [2.75, 3.05) is 25.3 Å². The van der Waals surface area contributed by atoms with Crippen LogP contribution in [-0.4, -0.2) is 36.1 Å². The predicted molar refractivity (Wildman–Crippen MR) is 81.7 cm³/mol. The Labute approximate surface area is 130 Å². The van der Waals surface area contributed by atoms with Crippen molar-refractivity contribution < 1.29 is 19.1 Å². The SMILES string of the molecule is COC(=O)c1cc(Nc2nc[nH]c(=O)c2N)cc(C(=O)OC)c1. The largest absolute Gasteiger partial charge is 0.465 e. The zero-order valence-corrected chi connectivity index (χ0v) is 12.4. The Morgan fingerprint density at radius 1 is 1.13 bits per heavy atom. The minimum Gasteiger partial charge on any atom is -0.465 e. The molecule has 0 saturated heterocycles. The van der Waals surface area contributed by atoms with Crippen molar-refractivity contribution in [1.29, 1.82) is 0 Å². The number of ether oxygens (including phenoxy) is 2. The summed E-state index contributed by atoms with van der Waals surface area (Å²) in [4.78, 5) is 41.1. The summed E-state index contributed by atoms with van der Waals surface area (Å²) >= 11 is 0. The van der Waals surface area contributed by atoms with Gasteiger partial charge in [-0.1, -0.05) is 0 Å². The number of carbonyl (C=O) groups excluding carboxylic acids is 2. The number of aromatic amines is 1. The number of hydrogen-bond acceptors (Lipinski definition) is 8. The minimum atomic E-state index is -0.634. The molecular weight excluding hydrogens is 304 g/mol. The molecule has 0 radical (unpaired) electrons. The van der Waals surface area contributed by atoms with E-state index >= 15 is 0 Å². The van der Waals surface area contributed by atoms with Crippen LogP contribution in [0.2, 0.25) is 0 Å². The Hall–Kier alpha value is -3.36. The zero-order valence-electron chi connectivity index (χ0n) is 12.4. The Morgan fingerprint density at radius 2 is 1.70 bits per heavy atom. The summed E-state index contributed by atoms with van der Waals surface area (Å²) < 4.78 is 9.28. The summed E-state index contributed by atoms with van der Waals surface area (Å²) in [5.74, 6) is -1.18. The molecular formula is C14H14N4O5. The monoisotopic (exact) mass is 318 g/mol. The lowest BCUT2D eigenvalue weighted by molar-refractivity contribution is 0.0599. The van der Waals surface area contributed by atoms with Crippen LogP contribution in [0.25, 0.3) is 0 Å². The molecule has 0 atom stereocenters. The number of methoxy groups -OCH3 is 2. The van der Waals surface area contributed by atoms with E-state index in [1.165, 1.54) is 38.7 Å². The second kappa shape index (κ2) is 6.60. The third-order valence-electron chi connectivity index (χ3n) is 2.93.